The number of imide groups is 1. The maximum Gasteiger partial charge on any atom is 0.425 e. The van der Waals surface area contributed by atoms with E-state index >= 15 is 0 Å². The van der Waals surface area contributed by atoms with Crippen molar-refractivity contribution in [1.82, 2.24) is 9.97 Å². The van der Waals surface area contributed by atoms with Gasteiger partial charge in [-0.1, -0.05) is 0 Å². The molecule has 0 aliphatic heterocycles. The number of aromatic amines is 1. The Bertz CT molecular complexity index is 582. The van der Waals surface area contributed by atoms with E-state index in [4.69, 9.17) is 9.47 Å². The van der Waals surface area contributed by atoms with Crippen LogP contribution >= 0.6 is 0 Å². The first kappa shape index (κ1) is 17.7. The Hall–Kier alpha value is -2.38. The molecule has 0 spiro atoms. The van der Waals surface area contributed by atoms with E-state index in [0.29, 0.717) is 4.90 Å². The van der Waals surface area contributed by atoms with Crippen LogP contribution in [0.3, 0.4) is 0 Å². The highest BCUT2D eigenvalue weighted by Gasteiger charge is 2.33. The molecule has 0 aliphatic rings. The number of H-pyrrole nitrogens is 1. The van der Waals surface area contributed by atoms with Crippen molar-refractivity contribution in [3.8, 4) is 0 Å². The monoisotopic (exact) mass is 311 g/mol. The van der Waals surface area contributed by atoms with Crippen LogP contribution in [0.15, 0.2) is 17.1 Å². The summed E-state index contributed by atoms with van der Waals surface area (Å²) >= 11 is 0. The largest absolute Gasteiger partial charge is 0.443 e. The van der Waals surface area contributed by atoms with Crippen LogP contribution in [0.5, 0.6) is 0 Å². The first-order valence-corrected chi connectivity index (χ1v) is 6.71. The molecule has 0 aromatic carbocycles. The van der Waals surface area contributed by atoms with E-state index in [1.54, 1.807) is 41.5 Å². The molecule has 0 unspecified atom stereocenters. The van der Waals surface area contributed by atoms with E-state index in [0.717, 1.165) is 0 Å². The predicted molar refractivity (Wildman–Crippen MR) is 79.8 cm³/mol. The summed E-state index contributed by atoms with van der Waals surface area (Å²) in [5.41, 5.74) is -2.34. The molecule has 0 atom stereocenters. The Morgan fingerprint density at radius 3 is 1.86 bits per heavy atom. The predicted octanol–water partition coefficient (Wildman–Crippen LogP) is 2.45. The zero-order valence-corrected chi connectivity index (χ0v) is 13.6. The van der Waals surface area contributed by atoms with Crippen molar-refractivity contribution in [2.24, 2.45) is 0 Å². The van der Waals surface area contributed by atoms with E-state index < -0.39 is 29.1 Å². The first-order chi connectivity index (χ1) is 9.89. The van der Waals surface area contributed by atoms with Crippen LogP contribution in [-0.4, -0.2) is 33.4 Å². The van der Waals surface area contributed by atoms with Gasteiger partial charge >= 0.3 is 17.9 Å². The lowest BCUT2D eigenvalue weighted by atomic mass is 10.2. The van der Waals surface area contributed by atoms with Gasteiger partial charge in [-0.05, 0) is 47.6 Å². The van der Waals surface area contributed by atoms with Crippen molar-refractivity contribution < 1.29 is 19.1 Å². The highest BCUT2D eigenvalue weighted by atomic mass is 16.6. The van der Waals surface area contributed by atoms with Gasteiger partial charge in [-0.25, -0.2) is 14.4 Å². The third-order valence-corrected chi connectivity index (χ3v) is 2.04. The molecule has 1 aromatic rings. The lowest BCUT2D eigenvalue weighted by Gasteiger charge is -2.27. The SMILES string of the molecule is CC(C)(C)OC(=O)N(C(=O)OC(C)(C)C)c1cc[nH]c(=O)n1. The van der Waals surface area contributed by atoms with Gasteiger partial charge in [0.25, 0.3) is 0 Å². The Balaban J connectivity index is 3.18. The van der Waals surface area contributed by atoms with Gasteiger partial charge in [0, 0.05) is 6.20 Å². The second-order valence-electron chi connectivity index (χ2n) is 6.55. The average Bonchev–Trinajstić information content (AvgIpc) is 2.23. The maximum atomic E-state index is 12.2. The van der Waals surface area contributed by atoms with Crippen molar-refractivity contribution >= 4 is 18.0 Å². The van der Waals surface area contributed by atoms with E-state index in [2.05, 4.69) is 9.97 Å². The van der Waals surface area contributed by atoms with Crippen molar-refractivity contribution in [3.05, 3.63) is 22.7 Å². The second-order valence-corrected chi connectivity index (χ2v) is 6.55. The summed E-state index contributed by atoms with van der Waals surface area (Å²) in [5, 5.41) is 0. The number of rotatable bonds is 1. The number of amides is 2. The van der Waals surface area contributed by atoms with Gasteiger partial charge in [-0.15, -0.1) is 0 Å². The minimum absolute atomic E-state index is 0.174. The maximum absolute atomic E-state index is 12.2. The number of nitrogens with zero attached hydrogens (tertiary/aromatic N) is 2. The molecule has 0 aliphatic carbocycles. The highest BCUT2D eigenvalue weighted by molar-refractivity contribution is 6.08. The molecule has 1 heterocycles. The number of nitrogens with one attached hydrogen (secondary N) is 1. The Labute approximate surface area is 128 Å². The molecule has 122 valence electrons. The van der Waals surface area contributed by atoms with Crippen molar-refractivity contribution in [2.75, 3.05) is 4.90 Å². The lowest BCUT2D eigenvalue weighted by molar-refractivity contribution is 0.0429. The smallest absolute Gasteiger partial charge is 0.425 e. The number of hydrogen-bond acceptors (Lipinski definition) is 6. The fraction of sp³-hybridized carbons (Fsp3) is 0.571. The molecule has 0 fully saturated rings. The number of hydrogen-bond donors (Lipinski definition) is 1. The fourth-order valence-corrected chi connectivity index (χ4v) is 1.36. The van der Waals surface area contributed by atoms with Crippen molar-refractivity contribution in [1.29, 1.82) is 0 Å². The summed E-state index contributed by atoms with van der Waals surface area (Å²) in [6.45, 7) is 9.94. The van der Waals surface area contributed by atoms with Gasteiger partial charge in [0.15, 0.2) is 5.82 Å². The summed E-state index contributed by atoms with van der Waals surface area (Å²) in [6.07, 6.45) is -0.674. The van der Waals surface area contributed by atoms with Crippen molar-refractivity contribution in [3.63, 3.8) is 0 Å². The quantitative estimate of drug-likeness (QED) is 0.854. The zero-order valence-electron chi connectivity index (χ0n) is 13.6. The fourth-order valence-electron chi connectivity index (χ4n) is 1.36. The number of aromatic nitrogens is 2. The highest BCUT2D eigenvalue weighted by Crippen LogP contribution is 2.18. The summed E-state index contributed by atoms with van der Waals surface area (Å²) in [6, 6.07) is 1.30. The van der Waals surface area contributed by atoms with Gasteiger partial charge in [0.05, 0.1) is 0 Å². The van der Waals surface area contributed by atoms with E-state index in [1.165, 1.54) is 12.3 Å². The van der Waals surface area contributed by atoms with Crippen LogP contribution in [0, 0.1) is 0 Å². The minimum atomic E-state index is -0.972. The van der Waals surface area contributed by atoms with Gasteiger partial charge < -0.3 is 14.5 Å². The summed E-state index contributed by atoms with van der Waals surface area (Å²) in [4.78, 5) is 42.3. The number of carbonyl (C=O) groups excluding carboxylic acids is 2. The molecule has 8 nitrogen and oxygen atoms in total. The number of carbonyl (C=O) groups is 2. The van der Waals surface area contributed by atoms with Gasteiger partial charge in [-0.3, -0.25) is 0 Å². The third kappa shape index (κ3) is 5.55. The van der Waals surface area contributed by atoms with Gasteiger partial charge in [0.2, 0.25) is 0 Å². The Morgan fingerprint density at radius 2 is 1.50 bits per heavy atom. The summed E-state index contributed by atoms with van der Waals surface area (Å²) in [7, 11) is 0. The van der Waals surface area contributed by atoms with Crippen LogP contribution in [0.1, 0.15) is 41.5 Å². The molecule has 8 heteroatoms. The molecule has 1 rings (SSSR count). The van der Waals surface area contributed by atoms with Crippen LogP contribution in [-0.2, 0) is 9.47 Å². The molecule has 22 heavy (non-hydrogen) atoms. The molecule has 0 saturated carbocycles. The molecule has 1 N–H and O–H groups in total. The van der Waals surface area contributed by atoms with E-state index in [1.807, 2.05) is 0 Å². The number of anilines is 1. The first-order valence-electron chi connectivity index (χ1n) is 6.71. The Kier molecular flexibility index (Phi) is 4.95. The van der Waals surface area contributed by atoms with Crippen LogP contribution < -0.4 is 10.6 Å². The lowest BCUT2D eigenvalue weighted by Crippen LogP contribution is -2.44. The number of ether oxygens (including phenoxy) is 2. The van der Waals surface area contributed by atoms with Crippen LogP contribution in [0.2, 0.25) is 0 Å². The molecule has 0 bridgehead atoms. The summed E-state index contributed by atoms with van der Waals surface area (Å²) < 4.78 is 10.3. The summed E-state index contributed by atoms with van der Waals surface area (Å²) in [5.74, 6) is -0.174. The second kappa shape index (κ2) is 6.17. The Morgan fingerprint density at radius 1 is 1.05 bits per heavy atom. The topological polar surface area (TPSA) is 102 Å². The minimum Gasteiger partial charge on any atom is -0.443 e. The molecule has 2 amide bonds. The van der Waals surface area contributed by atoms with E-state index in [9.17, 15) is 14.4 Å². The van der Waals surface area contributed by atoms with Gasteiger partial charge in [-0.2, -0.15) is 9.88 Å². The molecule has 0 radical (unpaired) electrons. The van der Waals surface area contributed by atoms with Crippen molar-refractivity contribution in [2.45, 2.75) is 52.7 Å². The van der Waals surface area contributed by atoms with E-state index in [-0.39, 0.29) is 5.82 Å². The normalized spacial score (nSPS) is 11.7. The van der Waals surface area contributed by atoms with Crippen LogP contribution in [0.4, 0.5) is 15.4 Å². The third-order valence-electron chi connectivity index (χ3n) is 2.04. The average molecular weight is 311 g/mol. The zero-order chi connectivity index (χ0) is 17.1. The van der Waals surface area contributed by atoms with Crippen LogP contribution in [0.25, 0.3) is 0 Å². The molecular formula is C14H21N3O5. The molecule has 1 aromatic heterocycles. The molecule has 0 saturated heterocycles. The van der Waals surface area contributed by atoms with Gasteiger partial charge in [0.1, 0.15) is 11.2 Å². The molecular weight excluding hydrogens is 290 g/mol. The standard InChI is InChI=1S/C14H21N3O5/c1-13(2,3)21-11(19)17(12(20)22-14(4,5)6)9-7-8-15-10(18)16-9/h7-8H,1-6H3,(H,15,16,18).